The van der Waals surface area contributed by atoms with Crippen LogP contribution in [0.3, 0.4) is 0 Å². The minimum atomic E-state index is 0.0557. The zero-order valence-electron chi connectivity index (χ0n) is 13.4. The number of tetrazole rings is 1. The predicted octanol–water partition coefficient (Wildman–Crippen LogP) is 3.35. The molecule has 5 nitrogen and oxygen atoms in total. The van der Waals surface area contributed by atoms with E-state index in [2.05, 4.69) is 76.3 Å². The van der Waals surface area contributed by atoms with Gasteiger partial charge >= 0.3 is 0 Å². The second kappa shape index (κ2) is 5.03. The molecule has 1 N–H and O–H groups in total. The highest BCUT2D eigenvalue weighted by molar-refractivity contribution is 5.82. The fourth-order valence-electron chi connectivity index (χ4n) is 3.77. The monoisotopic (exact) mass is 315 g/mol. The Balaban J connectivity index is 1.73. The molecule has 1 aromatic heterocycles. The van der Waals surface area contributed by atoms with E-state index in [1.165, 1.54) is 33.5 Å². The lowest BCUT2D eigenvalue weighted by Gasteiger charge is -2.33. The average molecular weight is 315 g/mol. The molecule has 0 fully saturated rings. The summed E-state index contributed by atoms with van der Waals surface area (Å²) in [4.78, 5) is 0. The highest BCUT2D eigenvalue weighted by Crippen LogP contribution is 2.43. The Bertz CT molecular complexity index is 952. The van der Waals surface area contributed by atoms with Crippen LogP contribution >= 0.6 is 0 Å². The Labute approximate surface area is 140 Å². The largest absolute Gasteiger partial charge is 0.322 e. The van der Waals surface area contributed by atoms with Gasteiger partial charge in [-0.05, 0) is 46.9 Å². The quantitative estimate of drug-likeness (QED) is 0.748. The van der Waals surface area contributed by atoms with Gasteiger partial charge in [0.1, 0.15) is 6.04 Å². The molecule has 2 aliphatic rings. The van der Waals surface area contributed by atoms with E-state index < -0.39 is 0 Å². The van der Waals surface area contributed by atoms with Crippen LogP contribution in [0, 0.1) is 6.92 Å². The van der Waals surface area contributed by atoms with Crippen molar-refractivity contribution in [3.05, 3.63) is 76.4 Å². The van der Waals surface area contributed by atoms with E-state index in [0.29, 0.717) is 5.95 Å². The summed E-state index contributed by atoms with van der Waals surface area (Å²) < 4.78 is 1.90. The molecule has 0 saturated heterocycles. The third-order valence-corrected chi connectivity index (χ3v) is 4.97. The summed E-state index contributed by atoms with van der Waals surface area (Å²) in [5.74, 6) is 0.705. The Morgan fingerprint density at radius 3 is 2.75 bits per heavy atom. The third kappa shape index (κ3) is 1.91. The highest BCUT2D eigenvalue weighted by atomic mass is 15.6. The summed E-state index contributed by atoms with van der Waals surface area (Å²) in [7, 11) is 0. The average Bonchev–Trinajstić information content (AvgIpc) is 3.09. The molecule has 0 bridgehead atoms. The van der Waals surface area contributed by atoms with Crippen LogP contribution in [0.4, 0.5) is 5.95 Å². The van der Waals surface area contributed by atoms with Gasteiger partial charge in [-0.1, -0.05) is 59.2 Å². The number of rotatable bonds is 1. The Morgan fingerprint density at radius 1 is 1.04 bits per heavy atom. The maximum Gasteiger partial charge on any atom is 0.248 e. The summed E-state index contributed by atoms with van der Waals surface area (Å²) in [6.07, 6.45) is 2.06. The molecule has 1 atom stereocenters. The van der Waals surface area contributed by atoms with E-state index >= 15 is 0 Å². The maximum absolute atomic E-state index is 4.24. The summed E-state index contributed by atoms with van der Waals surface area (Å²) in [6, 6.07) is 17.3. The highest BCUT2D eigenvalue weighted by Gasteiger charge is 2.34. The molecule has 0 saturated carbocycles. The molecule has 1 unspecified atom stereocenters. The molecular formula is C19H17N5. The Kier molecular flexibility index (Phi) is 2.82. The lowest BCUT2D eigenvalue weighted by Crippen LogP contribution is -2.27. The van der Waals surface area contributed by atoms with E-state index in [1.807, 2.05) is 4.68 Å². The molecule has 2 heterocycles. The first-order chi connectivity index (χ1) is 11.8. The summed E-state index contributed by atoms with van der Waals surface area (Å²) in [5, 5.41) is 15.8. The van der Waals surface area contributed by atoms with Crippen molar-refractivity contribution in [3.8, 4) is 0 Å². The van der Waals surface area contributed by atoms with E-state index in [1.54, 1.807) is 0 Å². The van der Waals surface area contributed by atoms with Crippen LogP contribution < -0.4 is 5.32 Å². The van der Waals surface area contributed by atoms with Crippen molar-refractivity contribution in [2.75, 3.05) is 5.32 Å². The number of aromatic nitrogens is 4. The van der Waals surface area contributed by atoms with E-state index in [0.717, 1.165) is 12.8 Å². The lowest BCUT2D eigenvalue weighted by atomic mass is 9.83. The molecule has 5 rings (SSSR count). The van der Waals surface area contributed by atoms with Gasteiger partial charge in [0.2, 0.25) is 5.95 Å². The van der Waals surface area contributed by atoms with Crippen LogP contribution in [-0.2, 0) is 6.42 Å². The first kappa shape index (κ1) is 13.5. The number of nitrogens with zero attached hydrogens (tertiary/aromatic N) is 4. The van der Waals surface area contributed by atoms with E-state index in [9.17, 15) is 0 Å². The second-order valence-electron chi connectivity index (χ2n) is 6.44. The molecule has 2 aromatic carbocycles. The van der Waals surface area contributed by atoms with Gasteiger partial charge in [-0.25, -0.2) is 0 Å². The predicted molar refractivity (Wildman–Crippen MR) is 92.4 cm³/mol. The van der Waals surface area contributed by atoms with Gasteiger partial charge in [0.25, 0.3) is 0 Å². The fourth-order valence-corrected chi connectivity index (χ4v) is 3.77. The van der Waals surface area contributed by atoms with Crippen LogP contribution in [-0.4, -0.2) is 20.2 Å². The van der Waals surface area contributed by atoms with Gasteiger partial charge in [0.05, 0.1) is 5.70 Å². The van der Waals surface area contributed by atoms with Gasteiger partial charge < -0.3 is 5.32 Å². The van der Waals surface area contributed by atoms with Crippen molar-refractivity contribution in [3.63, 3.8) is 0 Å². The summed E-state index contributed by atoms with van der Waals surface area (Å²) in [5.41, 5.74) is 7.66. The van der Waals surface area contributed by atoms with E-state index in [4.69, 9.17) is 0 Å². The van der Waals surface area contributed by atoms with Crippen LogP contribution in [0.5, 0.6) is 0 Å². The molecule has 24 heavy (non-hydrogen) atoms. The van der Waals surface area contributed by atoms with Gasteiger partial charge in [0, 0.05) is 5.56 Å². The molecule has 0 amide bonds. The second-order valence-corrected chi connectivity index (χ2v) is 6.44. The number of nitrogens with one attached hydrogen (secondary N) is 1. The van der Waals surface area contributed by atoms with Crippen molar-refractivity contribution in [1.82, 2.24) is 20.2 Å². The lowest BCUT2D eigenvalue weighted by molar-refractivity contribution is 0.544. The molecule has 1 aliphatic heterocycles. The SMILES string of the molecule is Cc1ccc(C2C3=C(Nc4nnnn42)c2ccccc2CC3)cc1. The van der Waals surface area contributed by atoms with Gasteiger partial charge in [-0.3, -0.25) is 0 Å². The standard InChI is InChI=1S/C19H17N5/c1-12-6-8-14(9-7-12)18-16-11-10-13-4-2-3-5-15(13)17(16)20-19-21-22-23-24(18)19/h2-9,18H,10-11H2,1H3,(H,20,21,23). The molecule has 1 aliphatic carbocycles. The van der Waals surface area contributed by atoms with E-state index in [-0.39, 0.29) is 6.04 Å². The number of aryl methyl sites for hydroxylation is 2. The zero-order valence-corrected chi connectivity index (χ0v) is 13.4. The number of hydrogen-bond acceptors (Lipinski definition) is 4. The molecule has 118 valence electrons. The maximum atomic E-state index is 4.24. The summed E-state index contributed by atoms with van der Waals surface area (Å²) >= 11 is 0. The van der Waals surface area contributed by atoms with Gasteiger partial charge in [-0.2, -0.15) is 4.68 Å². The smallest absolute Gasteiger partial charge is 0.248 e. The number of anilines is 1. The number of hydrogen-bond donors (Lipinski definition) is 1. The number of allylic oxidation sites excluding steroid dienone is 1. The fraction of sp³-hybridized carbons (Fsp3) is 0.211. The Hall–Kier alpha value is -2.95. The molecule has 5 heteroatoms. The van der Waals surface area contributed by atoms with Crippen LogP contribution in [0.2, 0.25) is 0 Å². The molecular weight excluding hydrogens is 298 g/mol. The zero-order chi connectivity index (χ0) is 16.1. The normalized spacial score (nSPS) is 18.5. The van der Waals surface area contributed by atoms with Crippen LogP contribution in [0.15, 0.2) is 54.1 Å². The third-order valence-electron chi connectivity index (χ3n) is 4.97. The van der Waals surface area contributed by atoms with Crippen molar-refractivity contribution in [1.29, 1.82) is 0 Å². The summed E-state index contributed by atoms with van der Waals surface area (Å²) in [6.45, 7) is 2.11. The minimum Gasteiger partial charge on any atom is -0.322 e. The van der Waals surface area contributed by atoms with Crippen molar-refractivity contribution in [2.24, 2.45) is 0 Å². The first-order valence-electron chi connectivity index (χ1n) is 8.24. The Morgan fingerprint density at radius 2 is 1.88 bits per heavy atom. The van der Waals surface area contributed by atoms with Crippen LogP contribution in [0.1, 0.15) is 34.7 Å². The van der Waals surface area contributed by atoms with Gasteiger partial charge in [0.15, 0.2) is 0 Å². The number of fused-ring (bicyclic) bond motifs is 3. The first-order valence-corrected chi connectivity index (χ1v) is 8.24. The molecule has 0 radical (unpaired) electrons. The van der Waals surface area contributed by atoms with Crippen molar-refractivity contribution in [2.45, 2.75) is 25.8 Å². The molecule has 0 spiro atoms. The number of benzene rings is 2. The molecule has 3 aromatic rings. The van der Waals surface area contributed by atoms with Crippen molar-refractivity contribution < 1.29 is 0 Å². The van der Waals surface area contributed by atoms with Crippen LogP contribution in [0.25, 0.3) is 5.70 Å². The topological polar surface area (TPSA) is 55.6 Å². The van der Waals surface area contributed by atoms with Gasteiger partial charge in [-0.15, -0.1) is 0 Å². The van der Waals surface area contributed by atoms with Crippen molar-refractivity contribution >= 4 is 11.6 Å². The minimum absolute atomic E-state index is 0.0557.